The van der Waals surface area contributed by atoms with Gasteiger partial charge in [0.05, 0.1) is 17.5 Å². The quantitative estimate of drug-likeness (QED) is 0.763. The molecule has 130 valence electrons. The van der Waals surface area contributed by atoms with Crippen LogP contribution in [0.15, 0.2) is 76.6 Å². The number of aliphatic hydroxyl groups excluding tert-OH is 1. The molecule has 0 bridgehead atoms. The van der Waals surface area contributed by atoms with E-state index in [1.54, 1.807) is 19.1 Å². The zero-order valence-electron chi connectivity index (χ0n) is 14.2. The van der Waals surface area contributed by atoms with Crippen molar-refractivity contribution in [1.82, 2.24) is 0 Å². The van der Waals surface area contributed by atoms with Crippen molar-refractivity contribution in [3.8, 4) is 0 Å². The highest BCUT2D eigenvalue weighted by atomic mass is 16.3. The number of benzene rings is 2. The largest absolute Gasteiger partial charge is 0.503 e. The third-order valence-electron chi connectivity index (χ3n) is 4.67. The summed E-state index contributed by atoms with van der Waals surface area (Å²) in [4.78, 5) is 26.8. The first-order valence-electron chi connectivity index (χ1n) is 8.44. The Morgan fingerprint density at radius 1 is 1.12 bits per heavy atom. The van der Waals surface area contributed by atoms with Gasteiger partial charge in [0.1, 0.15) is 11.8 Å². The molecular weight excluding hydrogens is 330 g/mol. The summed E-state index contributed by atoms with van der Waals surface area (Å²) in [7, 11) is 0. The molecular formula is C21H17NO4. The summed E-state index contributed by atoms with van der Waals surface area (Å²) < 4.78 is 5.51. The SMILES string of the molecule is CCC(=O)C1=C(O)C(=O)N(c2cccc3ccccc23)C1c1ccco1. The van der Waals surface area contributed by atoms with Gasteiger partial charge in [0.2, 0.25) is 0 Å². The lowest BCUT2D eigenvalue weighted by atomic mass is 9.99. The van der Waals surface area contributed by atoms with Gasteiger partial charge in [-0.3, -0.25) is 14.5 Å². The molecule has 1 atom stereocenters. The van der Waals surface area contributed by atoms with E-state index in [2.05, 4.69) is 0 Å². The second kappa shape index (κ2) is 6.19. The fourth-order valence-electron chi connectivity index (χ4n) is 3.46. The maximum Gasteiger partial charge on any atom is 0.294 e. The molecule has 1 aliphatic heterocycles. The van der Waals surface area contributed by atoms with Crippen LogP contribution in [0, 0.1) is 0 Å². The number of fused-ring (bicyclic) bond motifs is 1. The number of furan rings is 1. The van der Waals surface area contributed by atoms with E-state index in [9.17, 15) is 14.7 Å². The normalized spacial score (nSPS) is 17.3. The molecule has 26 heavy (non-hydrogen) atoms. The highest BCUT2D eigenvalue weighted by molar-refractivity contribution is 6.18. The van der Waals surface area contributed by atoms with Crippen LogP contribution in [0.4, 0.5) is 5.69 Å². The number of hydrogen-bond donors (Lipinski definition) is 1. The number of carbonyl (C=O) groups is 2. The molecule has 1 amide bonds. The number of amides is 1. The third-order valence-corrected chi connectivity index (χ3v) is 4.67. The first-order valence-corrected chi connectivity index (χ1v) is 8.44. The minimum absolute atomic E-state index is 0.0837. The van der Waals surface area contributed by atoms with Gasteiger partial charge < -0.3 is 9.52 Å². The van der Waals surface area contributed by atoms with Gasteiger partial charge in [-0.05, 0) is 23.6 Å². The van der Waals surface area contributed by atoms with Crippen LogP contribution in [-0.4, -0.2) is 16.8 Å². The van der Waals surface area contributed by atoms with Gasteiger partial charge in [0, 0.05) is 11.8 Å². The summed E-state index contributed by atoms with van der Waals surface area (Å²) in [5, 5.41) is 12.3. The summed E-state index contributed by atoms with van der Waals surface area (Å²) in [6.45, 7) is 1.70. The van der Waals surface area contributed by atoms with E-state index < -0.39 is 17.7 Å². The highest BCUT2D eigenvalue weighted by Crippen LogP contribution is 2.43. The van der Waals surface area contributed by atoms with E-state index in [4.69, 9.17) is 4.42 Å². The van der Waals surface area contributed by atoms with Crippen LogP contribution in [-0.2, 0) is 9.59 Å². The topological polar surface area (TPSA) is 70.8 Å². The lowest BCUT2D eigenvalue weighted by Gasteiger charge is -2.26. The molecule has 0 spiro atoms. The van der Waals surface area contributed by atoms with Crippen molar-refractivity contribution in [2.45, 2.75) is 19.4 Å². The number of Topliss-reactive ketones (excluding diaryl/α,β-unsaturated/α-hetero) is 1. The van der Waals surface area contributed by atoms with Gasteiger partial charge in [0.15, 0.2) is 11.5 Å². The van der Waals surface area contributed by atoms with Crippen LogP contribution in [0.3, 0.4) is 0 Å². The van der Waals surface area contributed by atoms with Crippen molar-refractivity contribution in [3.05, 3.63) is 78.0 Å². The van der Waals surface area contributed by atoms with Crippen LogP contribution >= 0.6 is 0 Å². The standard InChI is InChI=1S/C21H17NO4/c1-2-16(23)18-19(17-11-6-12-26-17)22(21(25)20(18)24)15-10-5-8-13-7-3-4-9-14(13)15/h3-12,19,24H,2H2,1H3. The van der Waals surface area contributed by atoms with Crippen molar-refractivity contribution >= 4 is 28.2 Å². The molecule has 0 saturated heterocycles. The number of anilines is 1. The van der Waals surface area contributed by atoms with E-state index in [1.807, 2.05) is 42.5 Å². The molecule has 0 fully saturated rings. The lowest BCUT2D eigenvalue weighted by molar-refractivity contribution is -0.118. The van der Waals surface area contributed by atoms with Crippen LogP contribution < -0.4 is 4.90 Å². The van der Waals surface area contributed by atoms with Crippen LogP contribution in [0.25, 0.3) is 10.8 Å². The number of rotatable bonds is 4. The first-order chi connectivity index (χ1) is 12.6. The summed E-state index contributed by atoms with van der Waals surface area (Å²) >= 11 is 0. The maximum absolute atomic E-state index is 12.9. The van der Waals surface area contributed by atoms with Crippen molar-refractivity contribution in [2.24, 2.45) is 0 Å². The molecule has 0 aliphatic carbocycles. The highest BCUT2D eigenvalue weighted by Gasteiger charge is 2.45. The van der Waals surface area contributed by atoms with Crippen molar-refractivity contribution < 1.29 is 19.1 Å². The second-order valence-electron chi connectivity index (χ2n) is 6.13. The smallest absolute Gasteiger partial charge is 0.294 e. The predicted octanol–water partition coefficient (Wildman–Crippen LogP) is 4.31. The average molecular weight is 347 g/mol. The van der Waals surface area contributed by atoms with Crippen molar-refractivity contribution in [2.75, 3.05) is 4.90 Å². The summed E-state index contributed by atoms with van der Waals surface area (Å²) in [5.41, 5.74) is 0.709. The Labute approximate surface area is 150 Å². The molecule has 1 aliphatic rings. The van der Waals surface area contributed by atoms with Gasteiger partial charge in [-0.1, -0.05) is 43.3 Å². The zero-order valence-corrected chi connectivity index (χ0v) is 14.2. The fourth-order valence-corrected chi connectivity index (χ4v) is 3.46. The van der Waals surface area contributed by atoms with E-state index in [1.165, 1.54) is 11.2 Å². The minimum Gasteiger partial charge on any atom is -0.503 e. The van der Waals surface area contributed by atoms with E-state index in [0.29, 0.717) is 11.4 Å². The Bertz CT molecular complexity index is 1030. The Morgan fingerprint density at radius 2 is 1.88 bits per heavy atom. The Balaban J connectivity index is 1.95. The molecule has 1 N–H and O–H groups in total. The summed E-state index contributed by atoms with van der Waals surface area (Å²) in [6.07, 6.45) is 1.68. The first kappa shape index (κ1) is 16.1. The molecule has 3 aromatic rings. The molecule has 2 heterocycles. The molecule has 0 radical (unpaired) electrons. The molecule has 2 aromatic carbocycles. The number of nitrogens with zero attached hydrogens (tertiary/aromatic N) is 1. The second-order valence-corrected chi connectivity index (χ2v) is 6.13. The van der Waals surface area contributed by atoms with Gasteiger partial charge in [-0.25, -0.2) is 0 Å². The fraction of sp³-hybridized carbons (Fsp3) is 0.143. The van der Waals surface area contributed by atoms with Crippen LogP contribution in [0.5, 0.6) is 0 Å². The molecule has 5 heteroatoms. The summed E-state index contributed by atoms with van der Waals surface area (Å²) in [5.74, 6) is -0.946. The van der Waals surface area contributed by atoms with E-state index in [0.717, 1.165) is 10.8 Å². The molecule has 5 nitrogen and oxygen atoms in total. The Hall–Kier alpha value is -3.34. The maximum atomic E-state index is 12.9. The van der Waals surface area contributed by atoms with Gasteiger partial charge in [-0.2, -0.15) is 0 Å². The van der Waals surface area contributed by atoms with Crippen LogP contribution in [0.2, 0.25) is 0 Å². The number of carbonyl (C=O) groups excluding carboxylic acids is 2. The van der Waals surface area contributed by atoms with Gasteiger partial charge in [-0.15, -0.1) is 0 Å². The van der Waals surface area contributed by atoms with Gasteiger partial charge >= 0.3 is 0 Å². The van der Waals surface area contributed by atoms with Crippen molar-refractivity contribution in [3.63, 3.8) is 0 Å². The predicted molar refractivity (Wildman–Crippen MR) is 97.8 cm³/mol. The van der Waals surface area contributed by atoms with E-state index in [-0.39, 0.29) is 17.8 Å². The molecule has 1 unspecified atom stereocenters. The number of hydrogen-bond acceptors (Lipinski definition) is 4. The van der Waals surface area contributed by atoms with E-state index >= 15 is 0 Å². The van der Waals surface area contributed by atoms with Crippen LogP contribution in [0.1, 0.15) is 25.1 Å². The number of ketones is 1. The van der Waals surface area contributed by atoms with Gasteiger partial charge in [0.25, 0.3) is 5.91 Å². The zero-order chi connectivity index (χ0) is 18.3. The Kier molecular flexibility index (Phi) is 3.84. The lowest BCUT2D eigenvalue weighted by Crippen LogP contribution is -2.31. The Morgan fingerprint density at radius 3 is 2.62 bits per heavy atom. The average Bonchev–Trinajstić information content (AvgIpc) is 3.28. The minimum atomic E-state index is -0.782. The molecule has 1 aromatic heterocycles. The summed E-state index contributed by atoms with van der Waals surface area (Å²) in [6, 6.07) is 15.9. The monoisotopic (exact) mass is 347 g/mol. The third kappa shape index (κ3) is 2.32. The number of aliphatic hydroxyl groups is 1. The van der Waals surface area contributed by atoms with Crippen molar-refractivity contribution in [1.29, 1.82) is 0 Å². The molecule has 4 rings (SSSR count). The molecule has 0 saturated carbocycles.